The van der Waals surface area contributed by atoms with E-state index >= 15 is 0 Å². The number of ether oxygens (including phenoxy) is 1. The van der Waals surface area contributed by atoms with Gasteiger partial charge in [0, 0.05) is 13.0 Å². The normalized spacial score (nSPS) is 12.1. The van der Waals surface area contributed by atoms with Gasteiger partial charge < -0.3 is 15.2 Å². The topological polar surface area (TPSA) is 58.6 Å². The Kier molecular flexibility index (Phi) is 7.06. The fourth-order valence-electron chi connectivity index (χ4n) is 1.51. The van der Waals surface area contributed by atoms with Crippen LogP contribution in [0.4, 0.5) is 0 Å². The molecule has 0 radical (unpaired) electrons. The van der Waals surface area contributed by atoms with Crippen LogP contribution in [0.2, 0.25) is 0 Å². The minimum absolute atomic E-state index is 0.0273. The van der Waals surface area contributed by atoms with Crippen molar-refractivity contribution in [2.75, 3.05) is 19.8 Å². The fraction of sp³-hybridized carbons (Fsp3) is 0.500. The van der Waals surface area contributed by atoms with E-state index in [0.717, 1.165) is 12.0 Å². The summed E-state index contributed by atoms with van der Waals surface area (Å²) >= 11 is 0. The van der Waals surface area contributed by atoms with Gasteiger partial charge in [0.25, 0.3) is 0 Å². The standard InChI is InChI=1S/C14H21NO3/c1-12(16)11-18-10-9-15-14(17)8-7-13-5-3-2-4-6-13/h2-6,12,16H,7-11H2,1H3,(H,15,17). The molecule has 1 unspecified atom stereocenters. The Labute approximate surface area is 108 Å². The van der Waals surface area contributed by atoms with Gasteiger partial charge in [0.1, 0.15) is 0 Å². The quantitative estimate of drug-likeness (QED) is 0.681. The molecule has 1 amide bonds. The zero-order valence-electron chi connectivity index (χ0n) is 10.8. The van der Waals surface area contributed by atoms with Crippen molar-refractivity contribution in [1.82, 2.24) is 5.32 Å². The first kappa shape index (κ1) is 14.7. The molecule has 1 rings (SSSR count). The Morgan fingerprint density at radius 3 is 2.78 bits per heavy atom. The van der Waals surface area contributed by atoms with Crippen LogP contribution in [0.15, 0.2) is 30.3 Å². The molecule has 0 aliphatic carbocycles. The molecule has 0 saturated carbocycles. The summed E-state index contributed by atoms with van der Waals surface area (Å²) < 4.78 is 5.14. The van der Waals surface area contributed by atoms with Gasteiger partial charge in [-0.2, -0.15) is 0 Å². The first-order valence-corrected chi connectivity index (χ1v) is 6.25. The van der Waals surface area contributed by atoms with Crippen molar-refractivity contribution in [2.45, 2.75) is 25.9 Å². The van der Waals surface area contributed by atoms with Crippen molar-refractivity contribution in [1.29, 1.82) is 0 Å². The molecule has 0 saturated heterocycles. The highest BCUT2D eigenvalue weighted by atomic mass is 16.5. The number of aliphatic hydroxyl groups excluding tert-OH is 1. The van der Waals surface area contributed by atoms with Crippen LogP contribution in [0.1, 0.15) is 18.9 Å². The number of carbonyl (C=O) groups excluding carboxylic acids is 1. The van der Waals surface area contributed by atoms with Gasteiger partial charge in [0.15, 0.2) is 0 Å². The van der Waals surface area contributed by atoms with Gasteiger partial charge in [-0.25, -0.2) is 0 Å². The molecule has 0 bridgehead atoms. The van der Waals surface area contributed by atoms with Crippen molar-refractivity contribution in [2.24, 2.45) is 0 Å². The van der Waals surface area contributed by atoms with Gasteiger partial charge in [-0.3, -0.25) is 4.79 Å². The van der Waals surface area contributed by atoms with Gasteiger partial charge in [0.05, 0.1) is 19.3 Å². The van der Waals surface area contributed by atoms with Crippen molar-refractivity contribution >= 4 is 5.91 Å². The van der Waals surface area contributed by atoms with Gasteiger partial charge in [-0.05, 0) is 18.9 Å². The predicted octanol–water partition coefficient (Wildman–Crippen LogP) is 1.13. The van der Waals surface area contributed by atoms with Crippen LogP contribution in [0.5, 0.6) is 0 Å². The lowest BCUT2D eigenvalue weighted by Crippen LogP contribution is -2.28. The van der Waals surface area contributed by atoms with E-state index < -0.39 is 6.10 Å². The summed E-state index contributed by atoms with van der Waals surface area (Å²) in [5.41, 5.74) is 1.16. The third kappa shape index (κ3) is 7.04. The number of hydrogen-bond donors (Lipinski definition) is 2. The second-order valence-corrected chi connectivity index (χ2v) is 4.26. The minimum atomic E-state index is -0.459. The molecule has 18 heavy (non-hydrogen) atoms. The summed E-state index contributed by atoms with van der Waals surface area (Å²) in [6, 6.07) is 9.93. The molecule has 1 aromatic rings. The summed E-state index contributed by atoms with van der Waals surface area (Å²) in [5.74, 6) is 0.0273. The SMILES string of the molecule is CC(O)COCCNC(=O)CCc1ccccc1. The zero-order valence-corrected chi connectivity index (χ0v) is 10.8. The maximum absolute atomic E-state index is 11.5. The van der Waals surface area contributed by atoms with Gasteiger partial charge in [-0.1, -0.05) is 30.3 Å². The van der Waals surface area contributed by atoms with Crippen LogP contribution < -0.4 is 5.32 Å². The van der Waals surface area contributed by atoms with E-state index in [1.54, 1.807) is 6.92 Å². The molecule has 0 heterocycles. The number of aryl methyl sites for hydroxylation is 1. The summed E-state index contributed by atoms with van der Waals surface area (Å²) in [4.78, 5) is 11.5. The number of aliphatic hydroxyl groups is 1. The molecular formula is C14H21NO3. The second kappa shape index (κ2) is 8.66. The second-order valence-electron chi connectivity index (χ2n) is 4.26. The monoisotopic (exact) mass is 251 g/mol. The lowest BCUT2D eigenvalue weighted by atomic mass is 10.1. The highest BCUT2D eigenvalue weighted by Gasteiger charge is 2.01. The number of carbonyl (C=O) groups is 1. The van der Waals surface area contributed by atoms with E-state index in [2.05, 4.69) is 5.32 Å². The van der Waals surface area contributed by atoms with Crippen molar-refractivity contribution in [3.63, 3.8) is 0 Å². The summed E-state index contributed by atoms with van der Waals surface area (Å²) in [5, 5.41) is 11.7. The van der Waals surface area contributed by atoms with Crippen LogP contribution in [0.3, 0.4) is 0 Å². The van der Waals surface area contributed by atoms with Crippen LogP contribution in [0, 0.1) is 0 Å². The van der Waals surface area contributed by atoms with Crippen LogP contribution in [0.25, 0.3) is 0 Å². The van der Waals surface area contributed by atoms with Crippen molar-refractivity contribution in [3.05, 3.63) is 35.9 Å². The first-order valence-electron chi connectivity index (χ1n) is 6.25. The van der Waals surface area contributed by atoms with E-state index in [-0.39, 0.29) is 5.91 Å². The van der Waals surface area contributed by atoms with E-state index in [1.165, 1.54) is 0 Å². The largest absolute Gasteiger partial charge is 0.391 e. The molecule has 4 heteroatoms. The van der Waals surface area contributed by atoms with E-state index in [4.69, 9.17) is 9.84 Å². The van der Waals surface area contributed by atoms with Gasteiger partial charge in [0.2, 0.25) is 5.91 Å². The number of rotatable bonds is 8. The molecular weight excluding hydrogens is 230 g/mol. The summed E-state index contributed by atoms with van der Waals surface area (Å²) in [6.45, 7) is 2.89. The first-order chi connectivity index (χ1) is 8.68. The molecule has 1 atom stereocenters. The van der Waals surface area contributed by atoms with Crippen LogP contribution >= 0.6 is 0 Å². The number of amides is 1. The minimum Gasteiger partial charge on any atom is -0.391 e. The molecule has 2 N–H and O–H groups in total. The highest BCUT2D eigenvalue weighted by Crippen LogP contribution is 2.01. The van der Waals surface area contributed by atoms with Crippen LogP contribution in [-0.2, 0) is 16.0 Å². The lowest BCUT2D eigenvalue weighted by molar-refractivity contribution is -0.121. The lowest BCUT2D eigenvalue weighted by Gasteiger charge is -2.07. The Bertz CT molecular complexity index is 338. The molecule has 4 nitrogen and oxygen atoms in total. The van der Waals surface area contributed by atoms with Crippen LogP contribution in [-0.4, -0.2) is 36.9 Å². The van der Waals surface area contributed by atoms with Gasteiger partial charge in [-0.15, -0.1) is 0 Å². The Morgan fingerprint density at radius 1 is 1.39 bits per heavy atom. The molecule has 0 aliphatic rings. The fourth-order valence-corrected chi connectivity index (χ4v) is 1.51. The molecule has 1 aromatic carbocycles. The predicted molar refractivity (Wildman–Crippen MR) is 70.3 cm³/mol. The molecule has 0 aliphatic heterocycles. The Balaban J connectivity index is 2.04. The third-order valence-electron chi connectivity index (χ3n) is 2.41. The number of hydrogen-bond acceptors (Lipinski definition) is 3. The molecule has 0 fully saturated rings. The third-order valence-corrected chi connectivity index (χ3v) is 2.41. The maximum Gasteiger partial charge on any atom is 0.220 e. The average molecular weight is 251 g/mol. The maximum atomic E-state index is 11.5. The summed E-state index contributed by atoms with van der Waals surface area (Å²) in [7, 11) is 0. The smallest absolute Gasteiger partial charge is 0.220 e. The molecule has 0 spiro atoms. The van der Waals surface area contributed by atoms with E-state index in [1.807, 2.05) is 30.3 Å². The Hall–Kier alpha value is -1.39. The van der Waals surface area contributed by atoms with Crippen molar-refractivity contribution in [3.8, 4) is 0 Å². The van der Waals surface area contributed by atoms with E-state index in [0.29, 0.717) is 26.2 Å². The Morgan fingerprint density at radius 2 is 2.11 bits per heavy atom. The number of benzene rings is 1. The molecule has 0 aromatic heterocycles. The highest BCUT2D eigenvalue weighted by molar-refractivity contribution is 5.76. The molecule has 100 valence electrons. The number of nitrogens with one attached hydrogen (secondary N) is 1. The van der Waals surface area contributed by atoms with Gasteiger partial charge >= 0.3 is 0 Å². The van der Waals surface area contributed by atoms with Crippen molar-refractivity contribution < 1.29 is 14.6 Å². The average Bonchev–Trinajstić information content (AvgIpc) is 2.37. The summed E-state index contributed by atoms with van der Waals surface area (Å²) in [6.07, 6.45) is 0.778. The zero-order chi connectivity index (χ0) is 13.2. The van der Waals surface area contributed by atoms with E-state index in [9.17, 15) is 4.79 Å².